The zero-order valence-corrected chi connectivity index (χ0v) is 12.9. The average Bonchev–Trinajstić information content (AvgIpc) is 2.45. The number of nitrogens with one attached hydrogen (secondary N) is 1. The van der Waals surface area contributed by atoms with Crippen LogP contribution in [0.4, 0.5) is 0 Å². The summed E-state index contributed by atoms with van der Waals surface area (Å²) in [6, 6.07) is 2.03. The van der Waals surface area contributed by atoms with Crippen LogP contribution in [0.3, 0.4) is 0 Å². The topological polar surface area (TPSA) is 30.5 Å². The average molecular weight is 326 g/mol. The molecule has 0 amide bonds. The van der Waals surface area contributed by atoms with Gasteiger partial charge < -0.3 is 14.8 Å². The molecule has 0 bridgehead atoms. The Hall–Kier alpha value is -0.740. The predicted molar refractivity (Wildman–Crippen MR) is 79.2 cm³/mol. The number of fused-ring (bicyclic) bond motifs is 1. The van der Waals surface area contributed by atoms with Gasteiger partial charge >= 0.3 is 0 Å². The molecule has 1 fully saturated rings. The molecular formula is C15H20BrNO2. The van der Waals surface area contributed by atoms with E-state index in [9.17, 15) is 0 Å². The summed E-state index contributed by atoms with van der Waals surface area (Å²) in [5, 5.41) is 3.49. The molecule has 4 heteroatoms. The highest BCUT2D eigenvalue weighted by molar-refractivity contribution is 9.10. The molecule has 1 aromatic carbocycles. The normalized spacial score (nSPS) is 22.3. The summed E-state index contributed by atoms with van der Waals surface area (Å²) in [5.74, 6) is 2.57. The van der Waals surface area contributed by atoms with Crippen LogP contribution >= 0.6 is 15.9 Å². The smallest absolute Gasteiger partial charge is 0.164 e. The molecule has 2 aliphatic heterocycles. The summed E-state index contributed by atoms with van der Waals surface area (Å²) in [4.78, 5) is 0. The van der Waals surface area contributed by atoms with E-state index in [1.165, 1.54) is 24.0 Å². The molecule has 1 N–H and O–H groups in total. The van der Waals surface area contributed by atoms with Gasteiger partial charge in [-0.15, -0.1) is 0 Å². The predicted octanol–water partition coefficient (Wildman–Crippen LogP) is 3.07. The molecule has 19 heavy (non-hydrogen) atoms. The van der Waals surface area contributed by atoms with Crippen LogP contribution in [0.5, 0.6) is 11.5 Å². The minimum absolute atomic E-state index is 0.646. The lowest BCUT2D eigenvalue weighted by molar-refractivity contribution is 0.169. The first-order chi connectivity index (χ1) is 9.25. The maximum atomic E-state index is 5.87. The molecule has 1 atom stereocenters. The SMILES string of the molecule is Cc1c(Br)cc2c(c1CC1CCCNC1)OCCO2. The largest absolute Gasteiger partial charge is 0.486 e. The van der Waals surface area contributed by atoms with Crippen LogP contribution in [0.25, 0.3) is 0 Å². The summed E-state index contributed by atoms with van der Waals surface area (Å²) in [7, 11) is 0. The second-order valence-electron chi connectivity index (χ2n) is 5.40. The summed E-state index contributed by atoms with van der Waals surface area (Å²) < 4.78 is 12.7. The maximum absolute atomic E-state index is 5.87. The number of hydrogen-bond donors (Lipinski definition) is 1. The summed E-state index contributed by atoms with van der Waals surface area (Å²) in [6.07, 6.45) is 3.65. The first-order valence-corrected chi connectivity index (χ1v) is 7.83. The monoisotopic (exact) mass is 325 g/mol. The fourth-order valence-electron chi connectivity index (χ4n) is 2.95. The van der Waals surface area contributed by atoms with Crippen LogP contribution in [-0.2, 0) is 6.42 Å². The van der Waals surface area contributed by atoms with Crippen LogP contribution < -0.4 is 14.8 Å². The van der Waals surface area contributed by atoms with Crippen LogP contribution in [0.1, 0.15) is 24.0 Å². The molecule has 1 unspecified atom stereocenters. The van der Waals surface area contributed by atoms with Crippen molar-refractivity contribution in [2.75, 3.05) is 26.3 Å². The lowest BCUT2D eigenvalue weighted by Crippen LogP contribution is -2.31. The Morgan fingerprint density at radius 2 is 2.21 bits per heavy atom. The highest BCUT2D eigenvalue weighted by Crippen LogP contribution is 2.41. The summed E-state index contributed by atoms with van der Waals surface area (Å²) in [6.45, 7) is 5.73. The van der Waals surface area contributed by atoms with Crippen molar-refractivity contribution >= 4 is 15.9 Å². The molecule has 3 rings (SSSR count). The standard InChI is InChI=1S/C15H20BrNO2/c1-10-12(7-11-3-2-4-17-9-11)15-14(8-13(10)16)18-5-6-19-15/h8,11,17H,2-7,9H2,1H3. The van der Waals surface area contributed by atoms with E-state index in [-0.39, 0.29) is 0 Å². The minimum atomic E-state index is 0.646. The summed E-state index contributed by atoms with van der Waals surface area (Å²) in [5.41, 5.74) is 2.60. The highest BCUT2D eigenvalue weighted by Gasteiger charge is 2.23. The summed E-state index contributed by atoms with van der Waals surface area (Å²) >= 11 is 3.64. The Labute approximate surface area is 122 Å². The molecule has 3 nitrogen and oxygen atoms in total. The van der Waals surface area contributed by atoms with E-state index in [0.717, 1.165) is 35.5 Å². The fraction of sp³-hybridized carbons (Fsp3) is 0.600. The van der Waals surface area contributed by atoms with Gasteiger partial charge in [0.25, 0.3) is 0 Å². The van der Waals surface area contributed by atoms with E-state index in [1.54, 1.807) is 0 Å². The van der Waals surface area contributed by atoms with E-state index < -0.39 is 0 Å². The van der Waals surface area contributed by atoms with Crippen molar-refractivity contribution in [3.05, 3.63) is 21.7 Å². The number of halogens is 1. The lowest BCUT2D eigenvalue weighted by Gasteiger charge is -2.27. The van der Waals surface area contributed by atoms with E-state index in [1.807, 2.05) is 6.07 Å². The second kappa shape index (κ2) is 5.71. The van der Waals surface area contributed by atoms with E-state index in [0.29, 0.717) is 19.1 Å². The number of rotatable bonds is 2. The molecule has 0 aliphatic carbocycles. The van der Waals surface area contributed by atoms with Gasteiger partial charge in [-0.25, -0.2) is 0 Å². The molecular weight excluding hydrogens is 306 g/mol. The van der Waals surface area contributed by atoms with Gasteiger partial charge in [-0.05, 0) is 56.8 Å². The molecule has 104 valence electrons. The first-order valence-electron chi connectivity index (χ1n) is 7.04. The Kier molecular flexibility index (Phi) is 3.99. The third-order valence-electron chi connectivity index (χ3n) is 4.05. The van der Waals surface area contributed by atoms with Crippen LogP contribution in [-0.4, -0.2) is 26.3 Å². The van der Waals surface area contributed by atoms with Crippen molar-refractivity contribution in [2.24, 2.45) is 5.92 Å². The zero-order valence-electron chi connectivity index (χ0n) is 11.3. The van der Waals surface area contributed by atoms with Gasteiger partial charge in [0.1, 0.15) is 13.2 Å². The van der Waals surface area contributed by atoms with Crippen molar-refractivity contribution in [3.63, 3.8) is 0 Å². The Bertz CT molecular complexity index is 470. The lowest BCUT2D eigenvalue weighted by atomic mass is 9.89. The quantitative estimate of drug-likeness (QED) is 0.906. The minimum Gasteiger partial charge on any atom is -0.486 e. The third-order valence-corrected chi connectivity index (χ3v) is 4.87. The molecule has 0 aromatic heterocycles. The van der Waals surface area contributed by atoms with Gasteiger partial charge in [0.15, 0.2) is 11.5 Å². The van der Waals surface area contributed by atoms with E-state index in [2.05, 4.69) is 28.2 Å². The number of benzene rings is 1. The first kappa shape index (κ1) is 13.3. The zero-order chi connectivity index (χ0) is 13.2. The molecule has 0 spiro atoms. The van der Waals surface area contributed by atoms with Crippen molar-refractivity contribution in [3.8, 4) is 11.5 Å². The number of ether oxygens (including phenoxy) is 2. The Morgan fingerprint density at radius 1 is 1.37 bits per heavy atom. The van der Waals surface area contributed by atoms with E-state index >= 15 is 0 Å². The van der Waals surface area contributed by atoms with Gasteiger partial charge in [0, 0.05) is 10.0 Å². The van der Waals surface area contributed by atoms with Crippen molar-refractivity contribution in [1.82, 2.24) is 5.32 Å². The maximum Gasteiger partial charge on any atom is 0.164 e. The van der Waals surface area contributed by atoms with Crippen molar-refractivity contribution in [2.45, 2.75) is 26.2 Å². The van der Waals surface area contributed by atoms with Crippen LogP contribution in [0, 0.1) is 12.8 Å². The molecule has 0 radical (unpaired) electrons. The van der Waals surface area contributed by atoms with Crippen LogP contribution in [0.2, 0.25) is 0 Å². The number of piperidine rings is 1. The van der Waals surface area contributed by atoms with Gasteiger partial charge in [0.05, 0.1) is 0 Å². The molecule has 1 saturated heterocycles. The van der Waals surface area contributed by atoms with Crippen LogP contribution in [0.15, 0.2) is 10.5 Å². The van der Waals surface area contributed by atoms with Gasteiger partial charge in [0.2, 0.25) is 0 Å². The van der Waals surface area contributed by atoms with Gasteiger partial charge in [-0.2, -0.15) is 0 Å². The van der Waals surface area contributed by atoms with Crippen molar-refractivity contribution in [1.29, 1.82) is 0 Å². The van der Waals surface area contributed by atoms with Gasteiger partial charge in [-0.1, -0.05) is 15.9 Å². The van der Waals surface area contributed by atoms with E-state index in [4.69, 9.17) is 9.47 Å². The Balaban J connectivity index is 1.91. The molecule has 1 aromatic rings. The number of hydrogen-bond acceptors (Lipinski definition) is 3. The fourth-order valence-corrected chi connectivity index (χ4v) is 3.39. The van der Waals surface area contributed by atoms with Crippen molar-refractivity contribution < 1.29 is 9.47 Å². The Morgan fingerprint density at radius 3 is 3.00 bits per heavy atom. The third kappa shape index (κ3) is 2.75. The molecule has 2 heterocycles. The second-order valence-corrected chi connectivity index (χ2v) is 6.26. The van der Waals surface area contributed by atoms with Gasteiger partial charge in [-0.3, -0.25) is 0 Å². The molecule has 2 aliphatic rings. The molecule has 0 saturated carbocycles. The highest BCUT2D eigenvalue weighted by atomic mass is 79.9.